The van der Waals surface area contributed by atoms with E-state index in [1.54, 1.807) is 0 Å². The van der Waals surface area contributed by atoms with E-state index in [-0.39, 0.29) is 6.10 Å². The van der Waals surface area contributed by atoms with Crippen molar-refractivity contribution in [3.05, 3.63) is 29.8 Å². The van der Waals surface area contributed by atoms with Crippen molar-refractivity contribution in [1.82, 2.24) is 0 Å². The van der Waals surface area contributed by atoms with Gasteiger partial charge < -0.3 is 9.47 Å². The molecule has 1 fully saturated rings. The zero-order valence-corrected chi connectivity index (χ0v) is 18.9. The third kappa shape index (κ3) is 7.58. The fourth-order valence-electron chi connectivity index (χ4n) is 3.99. The van der Waals surface area contributed by atoms with Crippen molar-refractivity contribution in [2.45, 2.75) is 85.9 Å². The topological polar surface area (TPSA) is 30.8 Å². The normalized spacial score (nSPS) is 23.2. The molecule has 158 valence electrons. The van der Waals surface area contributed by atoms with Crippen molar-refractivity contribution in [3.8, 4) is 5.75 Å². The van der Waals surface area contributed by atoms with E-state index in [1.165, 1.54) is 25.7 Å². The molecule has 1 aromatic rings. The molecule has 0 spiro atoms. The van der Waals surface area contributed by atoms with Crippen LogP contribution in [0.3, 0.4) is 0 Å². The molecule has 0 radical (unpaired) electrons. The fraction of sp³-hybridized carbons (Fsp3) is 0.720. The van der Waals surface area contributed by atoms with Crippen LogP contribution in [0.1, 0.15) is 79.2 Å². The van der Waals surface area contributed by atoms with E-state index >= 15 is 0 Å². The minimum Gasteiger partial charge on any atom is -0.491 e. The predicted octanol–water partition coefficient (Wildman–Crippen LogP) is 6.54. The van der Waals surface area contributed by atoms with E-state index in [0.29, 0.717) is 17.4 Å². The molecule has 0 aliphatic carbocycles. The molecular formula is C25H41NO2. The molecule has 0 bridgehead atoms. The summed E-state index contributed by atoms with van der Waals surface area (Å²) in [6.45, 7) is 15.1. The molecule has 1 aliphatic rings. The second-order valence-electron chi connectivity index (χ2n) is 9.56. The van der Waals surface area contributed by atoms with Crippen LogP contribution in [0.5, 0.6) is 5.75 Å². The van der Waals surface area contributed by atoms with Gasteiger partial charge in [0.2, 0.25) is 0 Å². The van der Waals surface area contributed by atoms with Crippen molar-refractivity contribution in [3.63, 3.8) is 0 Å². The van der Waals surface area contributed by atoms with Crippen LogP contribution in [-0.2, 0) is 4.74 Å². The Balaban J connectivity index is 1.94. The predicted molar refractivity (Wildman–Crippen MR) is 120 cm³/mol. The summed E-state index contributed by atoms with van der Waals surface area (Å²) in [5.74, 6) is 2.27. The summed E-state index contributed by atoms with van der Waals surface area (Å²) in [6, 6.07) is 8.21. The van der Waals surface area contributed by atoms with E-state index in [0.717, 1.165) is 36.8 Å². The summed E-state index contributed by atoms with van der Waals surface area (Å²) < 4.78 is 11.8. The second kappa shape index (κ2) is 11.0. The molecule has 1 heterocycles. The average Bonchev–Trinajstić information content (AvgIpc) is 2.65. The van der Waals surface area contributed by atoms with Gasteiger partial charge in [-0.2, -0.15) is 0 Å². The Bertz CT molecular complexity index is 591. The number of hydrogen-bond donors (Lipinski definition) is 0. The van der Waals surface area contributed by atoms with Gasteiger partial charge in [-0.25, -0.2) is 0 Å². The standard InChI is InChI=1S/C25H41NO2/c1-19(2)11-12-25(14-16-27-24(17-25)20(3)4)13-15-26-18-22-7-9-23(10-8-22)28-21(5)6/h7-10,18-21,24H,11-17H2,1-6H3/t24-,25-/m0/s1. The minimum atomic E-state index is 0.204. The van der Waals surface area contributed by atoms with Gasteiger partial charge in [-0.1, -0.05) is 34.1 Å². The molecular weight excluding hydrogens is 346 g/mol. The third-order valence-corrected chi connectivity index (χ3v) is 5.86. The zero-order chi connectivity index (χ0) is 20.6. The largest absolute Gasteiger partial charge is 0.491 e. The summed E-state index contributed by atoms with van der Waals surface area (Å²) in [5.41, 5.74) is 1.53. The number of rotatable bonds is 10. The maximum Gasteiger partial charge on any atom is 0.119 e. The van der Waals surface area contributed by atoms with Crippen molar-refractivity contribution in [1.29, 1.82) is 0 Å². The highest BCUT2D eigenvalue weighted by Crippen LogP contribution is 2.43. The maximum absolute atomic E-state index is 6.07. The number of nitrogens with zero attached hydrogens (tertiary/aromatic N) is 1. The number of benzene rings is 1. The first-order chi connectivity index (χ1) is 13.3. The third-order valence-electron chi connectivity index (χ3n) is 5.86. The number of ether oxygens (including phenoxy) is 2. The Morgan fingerprint density at radius 1 is 1.11 bits per heavy atom. The maximum atomic E-state index is 6.07. The Kier molecular flexibility index (Phi) is 9.01. The van der Waals surface area contributed by atoms with Gasteiger partial charge in [0, 0.05) is 19.4 Å². The lowest BCUT2D eigenvalue weighted by Gasteiger charge is -2.43. The highest BCUT2D eigenvalue weighted by molar-refractivity contribution is 5.79. The molecule has 28 heavy (non-hydrogen) atoms. The SMILES string of the molecule is CC(C)CC[C@]1(CCN=Cc2ccc(OC(C)C)cc2)CCO[C@H](C(C)C)C1. The molecule has 1 aromatic carbocycles. The summed E-state index contributed by atoms with van der Waals surface area (Å²) >= 11 is 0. The summed E-state index contributed by atoms with van der Waals surface area (Å²) in [4.78, 5) is 4.76. The molecule has 3 heteroatoms. The Hall–Kier alpha value is -1.35. The van der Waals surface area contributed by atoms with Gasteiger partial charge in [-0.3, -0.25) is 4.99 Å². The van der Waals surface area contributed by atoms with E-state index < -0.39 is 0 Å². The van der Waals surface area contributed by atoms with E-state index in [1.807, 2.05) is 32.2 Å². The summed E-state index contributed by atoms with van der Waals surface area (Å²) in [7, 11) is 0. The van der Waals surface area contributed by atoms with Gasteiger partial charge in [-0.15, -0.1) is 0 Å². The van der Waals surface area contributed by atoms with Gasteiger partial charge in [0.15, 0.2) is 0 Å². The lowest BCUT2D eigenvalue weighted by molar-refractivity contribution is -0.0755. The van der Waals surface area contributed by atoms with E-state index in [4.69, 9.17) is 14.5 Å². The van der Waals surface area contributed by atoms with Crippen LogP contribution in [0.25, 0.3) is 0 Å². The van der Waals surface area contributed by atoms with Crippen LogP contribution in [0.2, 0.25) is 0 Å². The molecule has 0 N–H and O–H groups in total. The first-order valence-corrected chi connectivity index (χ1v) is 11.2. The lowest BCUT2D eigenvalue weighted by atomic mass is 9.69. The van der Waals surface area contributed by atoms with E-state index in [2.05, 4.69) is 39.8 Å². The minimum absolute atomic E-state index is 0.204. The van der Waals surface area contributed by atoms with E-state index in [9.17, 15) is 0 Å². The molecule has 0 unspecified atom stereocenters. The zero-order valence-electron chi connectivity index (χ0n) is 18.9. The Labute approximate surface area is 172 Å². The van der Waals surface area contributed by atoms with Gasteiger partial charge in [-0.05, 0) is 86.6 Å². The molecule has 2 atom stereocenters. The van der Waals surface area contributed by atoms with Crippen LogP contribution in [-0.4, -0.2) is 31.6 Å². The second-order valence-corrected chi connectivity index (χ2v) is 9.56. The summed E-state index contributed by atoms with van der Waals surface area (Å²) in [6.07, 6.45) is 8.74. The number of aliphatic imine (C=N–C) groups is 1. The molecule has 1 saturated heterocycles. The molecule has 2 rings (SSSR count). The first kappa shape index (κ1) is 22.9. The summed E-state index contributed by atoms with van der Waals surface area (Å²) in [5, 5.41) is 0. The Morgan fingerprint density at radius 2 is 1.82 bits per heavy atom. The highest BCUT2D eigenvalue weighted by atomic mass is 16.5. The van der Waals surface area contributed by atoms with Gasteiger partial charge >= 0.3 is 0 Å². The van der Waals surface area contributed by atoms with Crippen LogP contribution in [0, 0.1) is 17.3 Å². The average molecular weight is 388 g/mol. The first-order valence-electron chi connectivity index (χ1n) is 11.2. The van der Waals surface area contributed by atoms with Crippen molar-refractivity contribution in [2.75, 3.05) is 13.2 Å². The van der Waals surface area contributed by atoms with Crippen LogP contribution >= 0.6 is 0 Å². The monoisotopic (exact) mass is 387 g/mol. The smallest absolute Gasteiger partial charge is 0.119 e. The van der Waals surface area contributed by atoms with Gasteiger partial charge in [0.25, 0.3) is 0 Å². The fourth-order valence-corrected chi connectivity index (χ4v) is 3.99. The van der Waals surface area contributed by atoms with Crippen LogP contribution < -0.4 is 4.74 Å². The molecule has 0 aromatic heterocycles. The molecule has 1 aliphatic heterocycles. The number of hydrogen-bond acceptors (Lipinski definition) is 3. The quantitative estimate of drug-likeness (QED) is 0.427. The van der Waals surface area contributed by atoms with Crippen LogP contribution in [0.4, 0.5) is 0 Å². The molecule has 3 nitrogen and oxygen atoms in total. The lowest BCUT2D eigenvalue weighted by Crippen LogP contribution is -2.38. The molecule has 0 saturated carbocycles. The molecule has 0 amide bonds. The highest BCUT2D eigenvalue weighted by Gasteiger charge is 2.37. The van der Waals surface area contributed by atoms with Gasteiger partial charge in [0.05, 0.1) is 12.2 Å². The van der Waals surface area contributed by atoms with Crippen molar-refractivity contribution in [2.24, 2.45) is 22.2 Å². The van der Waals surface area contributed by atoms with Gasteiger partial charge in [0.1, 0.15) is 5.75 Å². The van der Waals surface area contributed by atoms with Crippen LogP contribution in [0.15, 0.2) is 29.3 Å². The van der Waals surface area contributed by atoms with Crippen molar-refractivity contribution >= 4 is 6.21 Å². The van der Waals surface area contributed by atoms with Crippen molar-refractivity contribution < 1.29 is 9.47 Å². The Morgan fingerprint density at radius 3 is 2.43 bits per heavy atom.